The molecule has 0 aliphatic heterocycles. The summed E-state index contributed by atoms with van der Waals surface area (Å²) in [6, 6.07) is 6.99. The molecular formula is C23H30FN5. The van der Waals surface area contributed by atoms with Crippen molar-refractivity contribution in [2.45, 2.75) is 58.0 Å². The summed E-state index contributed by atoms with van der Waals surface area (Å²) in [5, 5.41) is 4.33. The zero-order valence-electron chi connectivity index (χ0n) is 17.1. The van der Waals surface area contributed by atoms with Crippen molar-refractivity contribution < 1.29 is 4.39 Å². The number of halogens is 1. The molecule has 1 fully saturated rings. The van der Waals surface area contributed by atoms with Gasteiger partial charge >= 0.3 is 0 Å². The average molecular weight is 396 g/mol. The maximum absolute atomic E-state index is 13.4. The molecule has 1 aliphatic carbocycles. The van der Waals surface area contributed by atoms with Crippen LogP contribution in [0.25, 0.3) is 22.2 Å². The molecule has 2 aromatic heterocycles. The first kappa shape index (κ1) is 19.8. The Balaban J connectivity index is 1.68. The van der Waals surface area contributed by atoms with E-state index in [-0.39, 0.29) is 5.82 Å². The Morgan fingerprint density at radius 1 is 1.17 bits per heavy atom. The molecule has 5 nitrogen and oxygen atoms in total. The van der Waals surface area contributed by atoms with Crippen molar-refractivity contribution in [2.75, 3.05) is 11.9 Å². The Morgan fingerprint density at radius 3 is 2.66 bits per heavy atom. The predicted octanol–water partition coefficient (Wildman–Crippen LogP) is 4.97. The zero-order valence-corrected chi connectivity index (χ0v) is 17.1. The van der Waals surface area contributed by atoms with E-state index in [1.54, 1.807) is 0 Å². The number of anilines is 1. The molecule has 29 heavy (non-hydrogen) atoms. The SMILES string of the molecule is CCCCNc1ncc2c(-c3ccc(F)cc3)cn(CC3CCC(N)CC3)c2n1. The summed E-state index contributed by atoms with van der Waals surface area (Å²) < 4.78 is 15.7. The van der Waals surface area contributed by atoms with Gasteiger partial charge in [0.25, 0.3) is 0 Å². The smallest absolute Gasteiger partial charge is 0.224 e. The first-order chi connectivity index (χ1) is 14.1. The van der Waals surface area contributed by atoms with E-state index in [1.165, 1.54) is 12.1 Å². The van der Waals surface area contributed by atoms with Crippen LogP contribution < -0.4 is 11.1 Å². The Hall–Kier alpha value is -2.47. The number of rotatable bonds is 7. The first-order valence-corrected chi connectivity index (χ1v) is 10.7. The van der Waals surface area contributed by atoms with Gasteiger partial charge in [-0.15, -0.1) is 0 Å². The minimum Gasteiger partial charge on any atom is -0.354 e. The molecule has 0 bridgehead atoms. The highest BCUT2D eigenvalue weighted by atomic mass is 19.1. The monoisotopic (exact) mass is 395 g/mol. The van der Waals surface area contributed by atoms with Crippen molar-refractivity contribution in [2.24, 2.45) is 11.7 Å². The van der Waals surface area contributed by atoms with Crippen LogP contribution in [0, 0.1) is 11.7 Å². The van der Waals surface area contributed by atoms with Crippen LogP contribution in [0.15, 0.2) is 36.7 Å². The van der Waals surface area contributed by atoms with Crippen LogP contribution in [0.5, 0.6) is 0 Å². The Morgan fingerprint density at radius 2 is 1.93 bits per heavy atom. The van der Waals surface area contributed by atoms with Crippen molar-refractivity contribution in [1.29, 1.82) is 0 Å². The molecule has 154 valence electrons. The van der Waals surface area contributed by atoms with Crippen molar-refractivity contribution >= 4 is 17.0 Å². The van der Waals surface area contributed by atoms with Gasteiger partial charge in [0.05, 0.1) is 0 Å². The number of fused-ring (bicyclic) bond motifs is 1. The quantitative estimate of drug-likeness (QED) is 0.555. The van der Waals surface area contributed by atoms with Gasteiger partial charge in [-0.2, -0.15) is 4.98 Å². The van der Waals surface area contributed by atoms with Gasteiger partial charge in [-0.1, -0.05) is 25.5 Å². The van der Waals surface area contributed by atoms with Gasteiger partial charge in [0.15, 0.2) is 0 Å². The highest BCUT2D eigenvalue weighted by Gasteiger charge is 2.21. The van der Waals surface area contributed by atoms with Gasteiger partial charge in [-0.25, -0.2) is 9.37 Å². The molecule has 0 atom stereocenters. The van der Waals surface area contributed by atoms with Gasteiger partial charge in [0, 0.05) is 42.5 Å². The largest absolute Gasteiger partial charge is 0.354 e. The first-order valence-electron chi connectivity index (χ1n) is 10.7. The second kappa shape index (κ2) is 8.91. The maximum atomic E-state index is 13.4. The number of hydrogen-bond acceptors (Lipinski definition) is 4. The maximum Gasteiger partial charge on any atom is 0.224 e. The summed E-state index contributed by atoms with van der Waals surface area (Å²) >= 11 is 0. The summed E-state index contributed by atoms with van der Waals surface area (Å²) in [6.45, 7) is 3.96. The summed E-state index contributed by atoms with van der Waals surface area (Å²) in [6.07, 6.45) is 10.7. The second-order valence-electron chi connectivity index (χ2n) is 8.19. The molecule has 1 saturated carbocycles. The third-order valence-corrected chi connectivity index (χ3v) is 5.93. The number of hydrogen-bond donors (Lipinski definition) is 2. The van der Waals surface area contributed by atoms with E-state index in [4.69, 9.17) is 10.7 Å². The lowest BCUT2D eigenvalue weighted by Gasteiger charge is -2.26. The number of benzene rings is 1. The van der Waals surface area contributed by atoms with Crippen molar-refractivity contribution in [1.82, 2.24) is 14.5 Å². The minimum absolute atomic E-state index is 0.227. The Bertz CT molecular complexity index is 942. The molecule has 1 aliphatic rings. The summed E-state index contributed by atoms with van der Waals surface area (Å²) in [5.74, 6) is 1.05. The normalized spacial score (nSPS) is 19.6. The molecule has 0 amide bonds. The molecular weight excluding hydrogens is 365 g/mol. The number of nitrogens with zero attached hydrogens (tertiary/aromatic N) is 3. The van der Waals surface area contributed by atoms with E-state index in [0.29, 0.717) is 17.9 Å². The van der Waals surface area contributed by atoms with Gasteiger partial charge in [0.1, 0.15) is 11.5 Å². The van der Waals surface area contributed by atoms with Crippen LogP contribution in [-0.4, -0.2) is 27.1 Å². The van der Waals surface area contributed by atoms with E-state index in [2.05, 4.69) is 28.0 Å². The molecule has 0 spiro atoms. The zero-order chi connectivity index (χ0) is 20.2. The van der Waals surface area contributed by atoms with Crippen LogP contribution in [-0.2, 0) is 6.54 Å². The van der Waals surface area contributed by atoms with Gasteiger partial charge in [-0.3, -0.25) is 0 Å². The molecule has 0 saturated heterocycles. The van der Waals surface area contributed by atoms with E-state index >= 15 is 0 Å². The predicted molar refractivity (Wildman–Crippen MR) is 116 cm³/mol. The number of unbranched alkanes of at least 4 members (excludes halogenated alkanes) is 1. The molecule has 2 heterocycles. The second-order valence-corrected chi connectivity index (χ2v) is 8.19. The highest BCUT2D eigenvalue weighted by molar-refractivity contribution is 5.94. The fourth-order valence-electron chi connectivity index (χ4n) is 4.18. The molecule has 1 aromatic carbocycles. The van der Waals surface area contributed by atoms with Crippen molar-refractivity contribution in [3.8, 4) is 11.1 Å². The summed E-state index contributed by atoms with van der Waals surface area (Å²) in [4.78, 5) is 9.36. The lowest BCUT2D eigenvalue weighted by molar-refractivity contribution is 0.297. The highest BCUT2D eigenvalue weighted by Crippen LogP contribution is 2.32. The number of nitrogens with one attached hydrogen (secondary N) is 1. The van der Waals surface area contributed by atoms with E-state index in [9.17, 15) is 4.39 Å². The van der Waals surface area contributed by atoms with Crippen LogP contribution in [0.2, 0.25) is 0 Å². The molecule has 0 radical (unpaired) electrons. The lowest BCUT2D eigenvalue weighted by Crippen LogP contribution is -2.28. The van der Waals surface area contributed by atoms with Crippen LogP contribution in [0.3, 0.4) is 0 Å². The average Bonchev–Trinajstić information content (AvgIpc) is 3.08. The van der Waals surface area contributed by atoms with E-state index in [0.717, 1.165) is 73.8 Å². The summed E-state index contributed by atoms with van der Waals surface area (Å²) in [7, 11) is 0. The van der Waals surface area contributed by atoms with Gasteiger partial charge in [-0.05, 0) is 55.7 Å². The molecule has 3 aromatic rings. The third kappa shape index (κ3) is 4.58. The van der Waals surface area contributed by atoms with Crippen molar-refractivity contribution in [3.63, 3.8) is 0 Å². The topological polar surface area (TPSA) is 68.8 Å². The van der Waals surface area contributed by atoms with E-state index < -0.39 is 0 Å². The molecule has 4 rings (SSSR count). The van der Waals surface area contributed by atoms with E-state index in [1.807, 2.05) is 18.3 Å². The Labute approximate surface area is 171 Å². The molecule has 3 N–H and O–H groups in total. The minimum atomic E-state index is -0.227. The lowest BCUT2D eigenvalue weighted by atomic mass is 9.86. The Kier molecular flexibility index (Phi) is 6.09. The molecule has 0 unspecified atom stereocenters. The fraction of sp³-hybridized carbons (Fsp3) is 0.478. The van der Waals surface area contributed by atoms with Crippen LogP contribution in [0.1, 0.15) is 45.4 Å². The third-order valence-electron chi connectivity index (χ3n) is 5.93. The standard InChI is InChI=1S/C23H30FN5/c1-2-3-12-26-23-27-13-20-21(17-6-8-18(24)9-7-17)15-29(22(20)28-23)14-16-4-10-19(25)11-5-16/h6-9,13,15-16,19H,2-5,10-12,14,25H2,1H3,(H,26,27,28). The van der Waals surface area contributed by atoms with Gasteiger partial charge < -0.3 is 15.6 Å². The van der Waals surface area contributed by atoms with Crippen LogP contribution in [0.4, 0.5) is 10.3 Å². The van der Waals surface area contributed by atoms with Gasteiger partial charge in [0.2, 0.25) is 5.95 Å². The summed E-state index contributed by atoms with van der Waals surface area (Å²) in [5.41, 5.74) is 9.05. The number of aromatic nitrogens is 3. The molecule has 6 heteroatoms. The van der Waals surface area contributed by atoms with Crippen LogP contribution >= 0.6 is 0 Å². The fourth-order valence-corrected chi connectivity index (χ4v) is 4.18. The van der Waals surface area contributed by atoms with Crippen molar-refractivity contribution in [3.05, 3.63) is 42.5 Å². The number of nitrogens with two attached hydrogens (primary N) is 1.